The van der Waals surface area contributed by atoms with Crippen molar-refractivity contribution in [3.05, 3.63) is 65.5 Å². The van der Waals surface area contributed by atoms with Crippen LogP contribution in [0.1, 0.15) is 18.1 Å². The van der Waals surface area contributed by atoms with E-state index in [9.17, 15) is 9.18 Å². The first kappa shape index (κ1) is 18.9. The molecular weight excluding hydrogens is 317 g/mol. The second-order valence-corrected chi connectivity index (χ2v) is 6.27. The summed E-state index contributed by atoms with van der Waals surface area (Å²) in [6.45, 7) is 4.32. The van der Waals surface area contributed by atoms with E-state index in [0.29, 0.717) is 13.1 Å². The maximum atomic E-state index is 12.9. The molecule has 2 aromatic rings. The number of amides is 1. The molecule has 1 N–H and O–H groups in total. The van der Waals surface area contributed by atoms with Crippen molar-refractivity contribution in [3.63, 3.8) is 0 Å². The summed E-state index contributed by atoms with van der Waals surface area (Å²) in [5, 5.41) is 2.88. The van der Waals surface area contributed by atoms with Crippen molar-refractivity contribution in [1.82, 2.24) is 10.2 Å². The van der Waals surface area contributed by atoms with E-state index >= 15 is 0 Å². The molecule has 0 heterocycles. The van der Waals surface area contributed by atoms with Crippen LogP contribution in [-0.2, 0) is 17.9 Å². The molecule has 5 heteroatoms. The molecule has 2 aromatic carbocycles. The van der Waals surface area contributed by atoms with Gasteiger partial charge in [0.05, 0.1) is 6.54 Å². The summed E-state index contributed by atoms with van der Waals surface area (Å²) >= 11 is 0. The number of carbonyl (C=O) groups is 1. The third-order valence-corrected chi connectivity index (χ3v) is 4.08. The minimum atomic E-state index is -0.271. The molecule has 0 radical (unpaired) electrons. The van der Waals surface area contributed by atoms with Gasteiger partial charge in [0, 0.05) is 32.9 Å². The van der Waals surface area contributed by atoms with Gasteiger partial charge in [0.2, 0.25) is 5.91 Å². The summed E-state index contributed by atoms with van der Waals surface area (Å²) in [7, 11) is 4.03. The zero-order chi connectivity index (χ0) is 18.2. The predicted octanol–water partition coefficient (Wildman–Crippen LogP) is 3.03. The number of rotatable bonds is 8. The van der Waals surface area contributed by atoms with Crippen LogP contribution in [0.2, 0.25) is 0 Å². The van der Waals surface area contributed by atoms with E-state index in [2.05, 4.69) is 39.4 Å². The molecule has 0 bridgehead atoms. The number of nitrogens with one attached hydrogen (secondary N) is 1. The second-order valence-electron chi connectivity index (χ2n) is 6.27. The molecule has 0 aliphatic heterocycles. The zero-order valence-electron chi connectivity index (χ0n) is 15.1. The first-order valence-corrected chi connectivity index (χ1v) is 8.47. The number of hydrogen-bond donors (Lipinski definition) is 1. The molecule has 134 valence electrons. The molecule has 2 rings (SSSR count). The van der Waals surface area contributed by atoms with Gasteiger partial charge in [-0.1, -0.05) is 31.2 Å². The monoisotopic (exact) mass is 343 g/mol. The highest BCUT2D eigenvalue weighted by Crippen LogP contribution is 2.13. The lowest BCUT2D eigenvalue weighted by atomic mass is 10.2. The van der Waals surface area contributed by atoms with Gasteiger partial charge in [-0.3, -0.25) is 9.69 Å². The summed E-state index contributed by atoms with van der Waals surface area (Å²) in [6.07, 6.45) is 0. The van der Waals surface area contributed by atoms with Crippen LogP contribution < -0.4 is 10.2 Å². The summed E-state index contributed by atoms with van der Waals surface area (Å²) < 4.78 is 12.9. The maximum absolute atomic E-state index is 12.9. The van der Waals surface area contributed by atoms with Crippen molar-refractivity contribution in [3.8, 4) is 0 Å². The second kappa shape index (κ2) is 9.18. The number of benzene rings is 2. The van der Waals surface area contributed by atoms with Gasteiger partial charge in [-0.25, -0.2) is 4.39 Å². The number of likely N-dealkylation sites (N-methyl/N-ethyl adjacent to an activating group) is 1. The summed E-state index contributed by atoms with van der Waals surface area (Å²) in [4.78, 5) is 16.3. The van der Waals surface area contributed by atoms with Crippen molar-refractivity contribution in [2.24, 2.45) is 0 Å². The lowest BCUT2D eigenvalue weighted by Crippen LogP contribution is -2.36. The van der Waals surface area contributed by atoms with Gasteiger partial charge in [-0.15, -0.1) is 0 Å². The minimum Gasteiger partial charge on any atom is -0.378 e. The van der Waals surface area contributed by atoms with Gasteiger partial charge in [-0.05, 0) is 41.9 Å². The molecule has 0 unspecified atom stereocenters. The van der Waals surface area contributed by atoms with E-state index in [1.165, 1.54) is 17.7 Å². The van der Waals surface area contributed by atoms with Crippen molar-refractivity contribution in [1.29, 1.82) is 0 Å². The predicted molar refractivity (Wildman–Crippen MR) is 100.0 cm³/mol. The Bertz CT molecular complexity index is 668. The molecule has 0 atom stereocenters. The van der Waals surface area contributed by atoms with Crippen LogP contribution >= 0.6 is 0 Å². The molecule has 0 saturated carbocycles. The van der Waals surface area contributed by atoms with E-state index in [-0.39, 0.29) is 11.7 Å². The van der Waals surface area contributed by atoms with Crippen LogP contribution in [0.15, 0.2) is 48.5 Å². The standard InChI is InChI=1S/C20H26FN3O/c1-4-24(14-17-7-11-19(12-8-17)23(2)3)15-20(25)22-13-16-5-9-18(21)10-6-16/h5-12H,4,13-15H2,1-3H3,(H,22,25). The first-order valence-electron chi connectivity index (χ1n) is 8.47. The number of halogens is 1. The average Bonchev–Trinajstić information content (AvgIpc) is 2.61. The van der Waals surface area contributed by atoms with Crippen LogP contribution in [-0.4, -0.2) is 38.0 Å². The third-order valence-electron chi connectivity index (χ3n) is 4.08. The Balaban J connectivity index is 1.83. The van der Waals surface area contributed by atoms with E-state index in [4.69, 9.17) is 0 Å². The van der Waals surface area contributed by atoms with Crippen LogP contribution in [0.3, 0.4) is 0 Å². The lowest BCUT2D eigenvalue weighted by Gasteiger charge is -2.20. The van der Waals surface area contributed by atoms with Gasteiger partial charge >= 0.3 is 0 Å². The van der Waals surface area contributed by atoms with Gasteiger partial charge in [-0.2, -0.15) is 0 Å². The van der Waals surface area contributed by atoms with Gasteiger partial charge in [0.25, 0.3) is 0 Å². The lowest BCUT2D eigenvalue weighted by molar-refractivity contribution is -0.122. The summed E-state index contributed by atoms with van der Waals surface area (Å²) in [6, 6.07) is 14.5. The summed E-state index contributed by atoms with van der Waals surface area (Å²) in [5.74, 6) is -0.302. The highest BCUT2D eigenvalue weighted by molar-refractivity contribution is 5.78. The Labute approximate surface area is 149 Å². The highest BCUT2D eigenvalue weighted by atomic mass is 19.1. The highest BCUT2D eigenvalue weighted by Gasteiger charge is 2.10. The fraction of sp³-hybridized carbons (Fsp3) is 0.350. The number of nitrogens with zero attached hydrogens (tertiary/aromatic N) is 2. The van der Waals surface area contributed by atoms with Crippen LogP contribution in [0.5, 0.6) is 0 Å². The van der Waals surface area contributed by atoms with Crippen LogP contribution in [0.4, 0.5) is 10.1 Å². The zero-order valence-corrected chi connectivity index (χ0v) is 15.1. The van der Waals surface area contributed by atoms with Crippen LogP contribution in [0, 0.1) is 5.82 Å². The third kappa shape index (κ3) is 6.19. The van der Waals surface area contributed by atoms with E-state index in [1.54, 1.807) is 12.1 Å². The summed E-state index contributed by atoms with van der Waals surface area (Å²) in [5.41, 5.74) is 3.22. The smallest absolute Gasteiger partial charge is 0.234 e. The normalized spacial score (nSPS) is 10.8. The van der Waals surface area contributed by atoms with Crippen molar-refractivity contribution in [2.45, 2.75) is 20.0 Å². The average molecular weight is 343 g/mol. The Hall–Kier alpha value is -2.40. The quantitative estimate of drug-likeness (QED) is 0.800. The fourth-order valence-corrected chi connectivity index (χ4v) is 2.50. The van der Waals surface area contributed by atoms with Gasteiger partial charge in [0.1, 0.15) is 5.82 Å². The number of anilines is 1. The topological polar surface area (TPSA) is 35.6 Å². The molecular formula is C20H26FN3O. The Morgan fingerprint density at radius 3 is 2.16 bits per heavy atom. The number of carbonyl (C=O) groups excluding carboxylic acids is 1. The van der Waals surface area contributed by atoms with Gasteiger partial charge in [0.15, 0.2) is 0 Å². The Kier molecular flexibility index (Phi) is 6.95. The maximum Gasteiger partial charge on any atom is 0.234 e. The van der Waals surface area contributed by atoms with Gasteiger partial charge < -0.3 is 10.2 Å². The minimum absolute atomic E-state index is 0.0314. The molecule has 0 spiro atoms. The molecule has 0 aliphatic carbocycles. The SMILES string of the molecule is CCN(CC(=O)NCc1ccc(F)cc1)Cc1ccc(N(C)C)cc1. The first-order chi connectivity index (χ1) is 12.0. The van der Waals surface area contributed by atoms with Crippen LogP contribution in [0.25, 0.3) is 0 Å². The van der Waals surface area contributed by atoms with Crippen molar-refractivity contribution in [2.75, 3.05) is 32.1 Å². The fourth-order valence-electron chi connectivity index (χ4n) is 2.50. The van der Waals surface area contributed by atoms with Crippen molar-refractivity contribution >= 4 is 11.6 Å². The molecule has 0 saturated heterocycles. The van der Waals surface area contributed by atoms with E-state index in [0.717, 1.165) is 24.3 Å². The molecule has 0 fully saturated rings. The Morgan fingerprint density at radius 2 is 1.60 bits per heavy atom. The van der Waals surface area contributed by atoms with Crippen molar-refractivity contribution < 1.29 is 9.18 Å². The molecule has 1 amide bonds. The Morgan fingerprint density at radius 1 is 1.00 bits per heavy atom. The molecule has 4 nitrogen and oxygen atoms in total. The largest absolute Gasteiger partial charge is 0.378 e. The molecule has 25 heavy (non-hydrogen) atoms. The molecule has 0 aliphatic rings. The van der Waals surface area contributed by atoms with E-state index < -0.39 is 0 Å². The van der Waals surface area contributed by atoms with E-state index in [1.807, 2.05) is 21.0 Å². The number of hydrogen-bond acceptors (Lipinski definition) is 3. The molecule has 0 aromatic heterocycles.